The van der Waals surface area contributed by atoms with Gasteiger partial charge in [0, 0.05) is 18.2 Å². The first-order valence-corrected chi connectivity index (χ1v) is 16.1. The van der Waals surface area contributed by atoms with E-state index in [1.165, 1.54) is 18.2 Å². The second kappa shape index (κ2) is 7.59. The summed E-state index contributed by atoms with van der Waals surface area (Å²) < 4.78 is 15.1. The number of benzene rings is 1. The first-order valence-electron chi connectivity index (χ1n) is 4.64. The molecular formula is C6H9O6P3S6. The van der Waals surface area contributed by atoms with Gasteiger partial charge in [-0.1, -0.05) is 36.7 Å². The fourth-order valence-corrected chi connectivity index (χ4v) is 3.88. The summed E-state index contributed by atoms with van der Waals surface area (Å²) >= 11 is 25.1. The molecule has 0 saturated heterocycles. The molecule has 0 aliphatic rings. The van der Waals surface area contributed by atoms with Crippen molar-refractivity contribution in [3.8, 4) is 17.2 Å². The highest BCUT2D eigenvalue weighted by Gasteiger charge is 2.17. The Kier molecular flexibility index (Phi) is 7.43. The van der Waals surface area contributed by atoms with Crippen LogP contribution < -0.4 is 13.6 Å². The Balaban J connectivity index is 3.22. The van der Waals surface area contributed by atoms with E-state index in [-0.39, 0.29) is 17.2 Å². The molecule has 3 atom stereocenters. The molecule has 0 spiro atoms. The van der Waals surface area contributed by atoms with Gasteiger partial charge in [0.05, 0.1) is 0 Å². The molecule has 0 aromatic heterocycles. The highest BCUT2D eigenvalue weighted by Crippen LogP contribution is 2.53. The van der Waals surface area contributed by atoms with Crippen molar-refractivity contribution in [2.75, 3.05) is 0 Å². The second-order valence-electron chi connectivity index (χ2n) is 3.39. The smallest absolute Gasteiger partial charge is 0.291 e. The SMILES string of the molecule is OP(=S)(S)Oc1cc(OP(O)(=S)S)cc(OP(O)(=S)S)c1. The third-order valence-corrected chi connectivity index (χ3v) is 4.28. The third-order valence-electron chi connectivity index (χ3n) is 1.53. The van der Waals surface area contributed by atoms with Crippen molar-refractivity contribution < 1.29 is 28.3 Å². The van der Waals surface area contributed by atoms with Crippen LogP contribution in [0.1, 0.15) is 0 Å². The molecule has 6 nitrogen and oxygen atoms in total. The fraction of sp³-hybridized carbons (Fsp3) is 0. The molecule has 3 N–H and O–H groups in total. The number of hydrogen-bond donors (Lipinski definition) is 6. The van der Waals surface area contributed by atoms with Crippen molar-refractivity contribution >= 4 is 89.2 Å². The lowest BCUT2D eigenvalue weighted by Gasteiger charge is -2.17. The second-order valence-corrected chi connectivity index (χ2v) is 18.6. The Hall–Kier alpha value is 1.50. The standard InChI is InChI=1S/C6H9O6P3S6/c7-13(16,17)10-4-1-5(11-14(8,18)19)3-6(2-4)12-15(9,20)21/h1-3H,(H2,7,16,17)(H2,8,18,19)(H2,9,20,21). The van der Waals surface area contributed by atoms with Crippen LogP contribution in [0, 0.1) is 0 Å². The maximum atomic E-state index is 9.45. The minimum atomic E-state index is -3.31. The van der Waals surface area contributed by atoms with Crippen LogP contribution in [-0.2, 0) is 35.4 Å². The normalized spacial score (nSPS) is 19.7. The van der Waals surface area contributed by atoms with Crippen LogP contribution in [0.2, 0.25) is 0 Å². The molecule has 0 heterocycles. The number of hydrogen-bond acceptors (Lipinski definition) is 6. The Morgan fingerprint density at radius 3 is 1.00 bits per heavy atom. The topological polar surface area (TPSA) is 88.4 Å². The minimum Gasteiger partial charge on any atom is -0.436 e. The molecular weight excluding hydrogens is 453 g/mol. The lowest BCUT2D eigenvalue weighted by atomic mass is 10.3. The summed E-state index contributed by atoms with van der Waals surface area (Å²) in [5, 5.41) is 0. The first kappa shape index (κ1) is 20.5. The van der Waals surface area contributed by atoms with Gasteiger partial charge in [0.2, 0.25) is 0 Å². The van der Waals surface area contributed by atoms with Crippen LogP contribution in [0.3, 0.4) is 0 Å². The van der Waals surface area contributed by atoms with E-state index in [0.717, 1.165) is 0 Å². The van der Waals surface area contributed by atoms with Crippen LogP contribution in [0.25, 0.3) is 0 Å². The highest BCUT2D eigenvalue weighted by molar-refractivity contribution is 8.60. The van der Waals surface area contributed by atoms with Crippen molar-refractivity contribution in [1.29, 1.82) is 0 Å². The lowest BCUT2D eigenvalue weighted by Crippen LogP contribution is -1.92. The highest BCUT2D eigenvalue weighted by atomic mass is 32.9. The molecule has 15 heteroatoms. The van der Waals surface area contributed by atoms with Crippen LogP contribution in [0.15, 0.2) is 18.2 Å². The predicted molar refractivity (Wildman–Crippen MR) is 105 cm³/mol. The Bertz CT molecular complexity index is 560. The predicted octanol–water partition coefficient (Wildman–Crippen LogP) is 3.26. The van der Waals surface area contributed by atoms with E-state index in [1.807, 2.05) is 0 Å². The monoisotopic (exact) mass is 462 g/mol. The van der Waals surface area contributed by atoms with Gasteiger partial charge in [0.15, 0.2) is 0 Å². The molecule has 0 saturated carbocycles. The molecule has 0 fully saturated rings. The van der Waals surface area contributed by atoms with Gasteiger partial charge in [-0.05, 0) is 35.4 Å². The quantitative estimate of drug-likeness (QED) is 0.282. The number of rotatable bonds is 6. The molecule has 0 radical (unpaired) electrons. The van der Waals surface area contributed by atoms with Gasteiger partial charge >= 0.3 is 0 Å². The molecule has 0 bridgehead atoms. The average molecular weight is 462 g/mol. The van der Waals surface area contributed by atoms with Crippen molar-refractivity contribution in [3.05, 3.63) is 18.2 Å². The molecule has 1 rings (SSSR count). The van der Waals surface area contributed by atoms with Crippen LogP contribution in [0.5, 0.6) is 17.2 Å². The summed E-state index contributed by atoms with van der Waals surface area (Å²) in [6.45, 7) is 0. The molecule has 1 aromatic rings. The van der Waals surface area contributed by atoms with Gasteiger partial charge in [0.1, 0.15) is 17.2 Å². The van der Waals surface area contributed by atoms with E-state index in [9.17, 15) is 14.7 Å². The van der Waals surface area contributed by atoms with E-state index in [1.54, 1.807) is 0 Å². The molecule has 21 heavy (non-hydrogen) atoms. The van der Waals surface area contributed by atoms with Crippen LogP contribution in [-0.4, -0.2) is 14.7 Å². The summed E-state index contributed by atoms with van der Waals surface area (Å²) in [5.74, 6) is 0.0747. The van der Waals surface area contributed by atoms with Crippen molar-refractivity contribution in [2.45, 2.75) is 0 Å². The molecule has 120 valence electrons. The summed E-state index contributed by atoms with van der Waals surface area (Å²) in [6.07, 6.45) is 0. The Morgan fingerprint density at radius 2 is 0.857 bits per heavy atom. The van der Waals surface area contributed by atoms with Gasteiger partial charge < -0.3 is 28.3 Å². The molecule has 0 aliphatic carbocycles. The van der Waals surface area contributed by atoms with E-state index in [2.05, 4.69) is 72.2 Å². The van der Waals surface area contributed by atoms with Gasteiger partial charge in [-0.2, -0.15) is 0 Å². The van der Waals surface area contributed by atoms with Gasteiger partial charge in [-0.25, -0.2) is 0 Å². The van der Waals surface area contributed by atoms with Crippen molar-refractivity contribution in [3.63, 3.8) is 0 Å². The van der Waals surface area contributed by atoms with Crippen molar-refractivity contribution in [1.82, 2.24) is 0 Å². The van der Waals surface area contributed by atoms with Gasteiger partial charge in [-0.15, -0.1) is 0 Å². The zero-order valence-corrected chi connectivity index (χ0v) is 17.5. The van der Waals surface area contributed by atoms with E-state index in [0.29, 0.717) is 0 Å². The Morgan fingerprint density at radius 1 is 0.667 bits per heavy atom. The number of thiol groups is 3. The largest absolute Gasteiger partial charge is 0.436 e. The van der Waals surface area contributed by atoms with Crippen LogP contribution >= 0.6 is 53.8 Å². The van der Waals surface area contributed by atoms with Crippen molar-refractivity contribution in [2.24, 2.45) is 0 Å². The first-order chi connectivity index (χ1) is 9.23. The maximum absolute atomic E-state index is 9.45. The molecule has 3 unspecified atom stereocenters. The Labute approximate surface area is 152 Å². The maximum Gasteiger partial charge on any atom is 0.291 e. The van der Waals surface area contributed by atoms with E-state index >= 15 is 0 Å². The zero-order chi connectivity index (χ0) is 16.5. The summed E-state index contributed by atoms with van der Waals surface area (Å²) in [5.41, 5.74) is -9.93. The summed E-state index contributed by atoms with van der Waals surface area (Å²) in [4.78, 5) is 28.3. The van der Waals surface area contributed by atoms with Crippen LogP contribution in [0.4, 0.5) is 0 Å². The van der Waals surface area contributed by atoms with E-state index in [4.69, 9.17) is 13.6 Å². The lowest BCUT2D eigenvalue weighted by molar-refractivity contribution is 0.479. The summed E-state index contributed by atoms with van der Waals surface area (Å²) in [7, 11) is 0. The molecule has 0 aliphatic heterocycles. The molecule has 0 amide bonds. The van der Waals surface area contributed by atoms with Gasteiger partial charge in [-0.3, -0.25) is 0 Å². The van der Waals surface area contributed by atoms with Gasteiger partial charge in [0.25, 0.3) is 17.1 Å². The minimum absolute atomic E-state index is 0.0249. The average Bonchev–Trinajstić information content (AvgIpc) is 2.06. The zero-order valence-electron chi connectivity index (χ0n) is 9.71. The summed E-state index contributed by atoms with van der Waals surface area (Å²) in [6, 6.07) is 3.85. The van der Waals surface area contributed by atoms with E-state index < -0.39 is 17.1 Å². The fourth-order valence-electron chi connectivity index (χ4n) is 1.12. The molecule has 1 aromatic carbocycles. The third kappa shape index (κ3) is 10.1.